The van der Waals surface area contributed by atoms with E-state index in [0.717, 1.165) is 82.8 Å². The van der Waals surface area contributed by atoms with E-state index in [1.54, 1.807) is 0 Å². The van der Waals surface area contributed by atoms with Crippen LogP contribution in [0.2, 0.25) is 0 Å². The highest BCUT2D eigenvalue weighted by molar-refractivity contribution is 6.23. The first-order chi connectivity index (χ1) is 27.2. The van der Waals surface area contributed by atoms with Gasteiger partial charge in [0, 0.05) is 43.8 Å². The van der Waals surface area contributed by atoms with Crippen molar-refractivity contribution in [3.05, 3.63) is 193 Å². The smallest absolute Gasteiger partial charge is 0.161 e. The second kappa shape index (κ2) is 13.6. The minimum Gasteiger partial charge on any atom is -0.455 e. The van der Waals surface area contributed by atoms with Crippen LogP contribution in [0.1, 0.15) is 16.7 Å². The maximum Gasteiger partial charge on any atom is 0.161 e. The zero-order chi connectivity index (χ0) is 36.7. The molecule has 0 fully saturated rings. The van der Waals surface area contributed by atoms with Gasteiger partial charge in [0.2, 0.25) is 0 Å². The Balaban J connectivity index is 1.11. The van der Waals surface area contributed by atoms with E-state index in [-0.39, 0.29) is 0 Å². The SMILES string of the molecule is C=NC(=NC(=NCc1ccc2ccccc2c1)c1ccc(-c2ccccc2)cc1)c1cccc2oc3c(-c4cccc5c4oc4ccccc45)cccc3c12. The molecule has 0 saturated carbocycles. The van der Waals surface area contributed by atoms with Crippen LogP contribution in [0.25, 0.3) is 76.9 Å². The van der Waals surface area contributed by atoms with Crippen molar-refractivity contribution in [3.63, 3.8) is 0 Å². The van der Waals surface area contributed by atoms with E-state index in [9.17, 15) is 0 Å². The lowest BCUT2D eigenvalue weighted by atomic mass is 9.98. The molecule has 8 aromatic carbocycles. The van der Waals surface area contributed by atoms with E-state index in [4.69, 9.17) is 18.8 Å². The molecule has 0 bridgehead atoms. The molecule has 0 unspecified atom stereocenters. The van der Waals surface area contributed by atoms with Gasteiger partial charge >= 0.3 is 0 Å². The van der Waals surface area contributed by atoms with Crippen LogP contribution in [0.4, 0.5) is 0 Å². The van der Waals surface area contributed by atoms with Crippen molar-refractivity contribution in [2.45, 2.75) is 6.54 Å². The van der Waals surface area contributed by atoms with Gasteiger partial charge in [0.05, 0.1) is 6.54 Å². The summed E-state index contributed by atoms with van der Waals surface area (Å²) >= 11 is 0. The molecule has 0 spiro atoms. The second-order valence-corrected chi connectivity index (χ2v) is 13.6. The van der Waals surface area contributed by atoms with Crippen molar-refractivity contribution in [2.24, 2.45) is 15.0 Å². The van der Waals surface area contributed by atoms with E-state index in [0.29, 0.717) is 18.2 Å². The van der Waals surface area contributed by atoms with Gasteiger partial charge in [0.1, 0.15) is 22.3 Å². The topological polar surface area (TPSA) is 63.4 Å². The van der Waals surface area contributed by atoms with Crippen LogP contribution in [-0.4, -0.2) is 18.4 Å². The van der Waals surface area contributed by atoms with Crippen LogP contribution in [0, 0.1) is 0 Å². The molecule has 0 aliphatic carbocycles. The number of furan rings is 2. The van der Waals surface area contributed by atoms with Crippen LogP contribution >= 0.6 is 0 Å². The molecule has 0 atom stereocenters. The third-order valence-electron chi connectivity index (χ3n) is 10.3. The van der Waals surface area contributed by atoms with Crippen molar-refractivity contribution >= 4 is 73.0 Å². The lowest BCUT2D eigenvalue weighted by Gasteiger charge is -2.09. The third kappa shape index (κ3) is 5.79. The fourth-order valence-corrected chi connectivity index (χ4v) is 7.62. The van der Waals surface area contributed by atoms with E-state index in [1.165, 1.54) is 10.8 Å². The zero-order valence-corrected chi connectivity index (χ0v) is 29.8. The van der Waals surface area contributed by atoms with Gasteiger partial charge in [-0.15, -0.1) is 0 Å². The summed E-state index contributed by atoms with van der Waals surface area (Å²) in [5.74, 6) is 1.03. The Morgan fingerprint density at radius 3 is 1.95 bits per heavy atom. The Hall–Kier alpha value is -7.37. The number of fused-ring (bicyclic) bond motifs is 7. The summed E-state index contributed by atoms with van der Waals surface area (Å²) in [5.41, 5.74) is 10.2. The predicted octanol–water partition coefficient (Wildman–Crippen LogP) is 13.1. The molecule has 10 aromatic rings. The maximum atomic E-state index is 6.69. The van der Waals surface area contributed by atoms with Crippen molar-refractivity contribution in [3.8, 4) is 22.3 Å². The van der Waals surface area contributed by atoms with Gasteiger partial charge in [-0.1, -0.05) is 158 Å². The molecule has 10 rings (SSSR count). The van der Waals surface area contributed by atoms with Crippen molar-refractivity contribution < 1.29 is 8.83 Å². The summed E-state index contributed by atoms with van der Waals surface area (Å²) < 4.78 is 13.1. The molecule has 5 heteroatoms. The average molecular weight is 708 g/mol. The van der Waals surface area contributed by atoms with E-state index >= 15 is 0 Å². The first-order valence-corrected chi connectivity index (χ1v) is 18.3. The molecule has 0 N–H and O–H groups in total. The normalized spacial score (nSPS) is 12.4. The minimum absolute atomic E-state index is 0.448. The summed E-state index contributed by atoms with van der Waals surface area (Å²) in [7, 11) is 0. The highest BCUT2D eigenvalue weighted by Crippen LogP contribution is 2.42. The molecular formula is C50H33N3O2. The van der Waals surface area contributed by atoms with Gasteiger partial charge in [0.25, 0.3) is 0 Å². The van der Waals surface area contributed by atoms with Crippen LogP contribution in [-0.2, 0) is 6.54 Å². The molecule has 2 heterocycles. The molecule has 0 aliphatic heterocycles. The van der Waals surface area contributed by atoms with Gasteiger partial charge in [-0.05, 0) is 52.4 Å². The third-order valence-corrected chi connectivity index (χ3v) is 10.3. The first-order valence-electron chi connectivity index (χ1n) is 18.3. The second-order valence-electron chi connectivity index (χ2n) is 13.6. The fraction of sp³-hybridized carbons (Fsp3) is 0.0200. The highest BCUT2D eigenvalue weighted by atomic mass is 16.3. The number of benzene rings is 8. The number of nitrogens with zero attached hydrogens (tertiary/aromatic N) is 3. The Morgan fingerprint density at radius 2 is 1.13 bits per heavy atom. The van der Waals surface area contributed by atoms with Crippen LogP contribution in [0.3, 0.4) is 0 Å². The summed E-state index contributed by atoms with van der Waals surface area (Å²) in [6, 6.07) is 60.2. The highest BCUT2D eigenvalue weighted by Gasteiger charge is 2.20. The van der Waals surface area contributed by atoms with Gasteiger partial charge in [-0.3, -0.25) is 4.99 Å². The molecule has 55 heavy (non-hydrogen) atoms. The molecule has 260 valence electrons. The Bertz CT molecular complexity index is 3130. The Morgan fingerprint density at radius 1 is 0.491 bits per heavy atom. The maximum absolute atomic E-state index is 6.69. The number of aliphatic imine (C=N–C) groups is 3. The summed E-state index contributed by atoms with van der Waals surface area (Å²) in [6.07, 6.45) is 0. The van der Waals surface area contributed by atoms with Crippen molar-refractivity contribution in [1.82, 2.24) is 0 Å². The van der Waals surface area contributed by atoms with Gasteiger partial charge in [0.15, 0.2) is 11.7 Å². The zero-order valence-electron chi connectivity index (χ0n) is 29.8. The predicted molar refractivity (Wildman–Crippen MR) is 229 cm³/mol. The van der Waals surface area contributed by atoms with Crippen molar-refractivity contribution in [2.75, 3.05) is 0 Å². The van der Waals surface area contributed by atoms with Crippen LogP contribution < -0.4 is 0 Å². The molecule has 2 aromatic heterocycles. The standard InChI is InChI=1S/C50H33N3O2/c1-51-50(53-49(36-28-26-35(27-29-36)33-12-3-2-4-13-33)52-31-32-24-25-34-14-5-6-15-37(34)30-32)43-21-11-23-45-46(43)42-20-10-19-41(48(42)55-45)40-18-9-17-39-38-16-7-8-22-44(38)54-47(39)40/h2-30H,1,31H2. The Kier molecular flexibility index (Phi) is 7.96. The molecule has 0 amide bonds. The van der Waals surface area contributed by atoms with Crippen molar-refractivity contribution in [1.29, 1.82) is 0 Å². The number of hydrogen-bond acceptors (Lipinski definition) is 3. The Labute approximate surface area is 317 Å². The number of para-hydroxylation sites is 3. The van der Waals surface area contributed by atoms with Crippen LogP contribution in [0.15, 0.2) is 200 Å². The first kappa shape index (κ1) is 32.3. The molecular weight excluding hydrogens is 675 g/mol. The quantitative estimate of drug-likeness (QED) is 0.128. The summed E-state index contributed by atoms with van der Waals surface area (Å²) in [5, 5.41) is 6.39. The van der Waals surface area contributed by atoms with E-state index < -0.39 is 0 Å². The summed E-state index contributed by atoms with van der Waals surface area (Å²) in [4.78, 5) is 14.8. The molecule has 0 radical (unpaired) electrons. The largest absolute Gasteiger partial charge is 0.455 e. The van der Waals surface area contributed by atoms with E-state index in [2.05, 4.69) is 133 Å². The number of rotatable bonds is 6. The monoisotopic (exact) mass is 707 g/mol. The lowest BCUT2D eigenvalue weighted by Crippen LogP contribution is -2.06. The minimum atomic E-state index is 0.448. The van der Waals surface area contributed by atoms with Gasteiger partial charge in [-0.25, -0.2) is 9.98 Å². The van der Waals surface area contributed by atoms with E-state index in [1.807, 2.05) is 54.6 Å². The van der Waals surface area contributed by atoms with Gasteiger partial charge < -0.3 is 8.83 Å². The molecule has 0 aliphatic rings. The average Bonchev–Trinajstić information content (AvgIpc) is 3.83. The fourth-order valence-electron chi connectivity index (χ4n) is 7.62. The molecule has 0 saturated heterocycles. The number of amidine groups is 2. The number of hydrogen-bond donors (Lipinski definition) is 0. The van der Waals surface area contributed by atoms with Gasteiger partial charge in [-0.2, -0.15) is 0 Å². The lowest BCUT2D eigenvalue weighted by molar-refractivity contribution is 0.665. The molecule has 5 nitrogen and oxygen atoms in total. The summed E-state index contributed by atoms with van der Waals surface area (Å²) in [6.45, 7) is 4.45. The van der Waals surface area contributed by atoms with Crippen LogP contribution in [0.5, 0.6) is 0 Å².